The van der Waals surface area contributed by atoms with Gasteiger partial charge >= 0.3 is 0 Å². The van der Waals surface area contributed by atoms with Gasteiger partial charge in [0, 0.05) is 0 Å². The summed E-state index contributed by atoms with van der Waals surface area (Å²) >= 11 is 0. The highest BCUT2D eigenvalue weighted by Crippen LogP contribution is 2.40. The maximum atomic E-state index is 10.9. The summed E-state index contributed by atoms with van der Waals surface area (Å²) in [5, 5.41) is 8.73. The van der Waals surface area contributed by atoms with Crippen LogP contribution in [0.25, 0.3) is 0 Å². The van der Waals surface area contributed by atoms with Crippen LogP contribution in [0.1, 0.15) is 19.8 Å². The van der Waals surface area contributed by atoms with E-state index in [4.69, 9.17) is 9.29 Å². The van der Waals surface area contributed by atoms with Crippen LogP contribution >= 0.6 is 0 Å². The zero-order chi connectivity index (χ0) is 8.54. The van der Waals surface area contributed by atoms with Crippen molar-refractivity contribution in [1.29, 1.82) is 0 Å². The highest BCUT2D eigenvalue weighted by molar-refractivity contribution is 7.86. The van der Waals surface area contributed by atoms with Crippen LogP contribution in [0.2, 0.25) is 0 Å². The molecule has 0 unspecified atom stereocenters. The summed E-state index contributed by atoms with van der Waals surface area (Å²) in [6.45, 7) is 1.31. The molecule has 0 spiro atoms. The van der Waals surface area contributed by atoms with Gasteiger partial charge in [0.15, 0.2) is 0 Å². The van der Waals surface area contributed by atoms with Crippen LogP contribution in [0.15, 0.2) is 0 Å². The lowest BCUT2D eigenvalue weighted by Gasteiger charge is -2.11. The Kier molecular flexibility index (Phi) is 2.22. The molecule has 1 fully saturated rings. The van der Waals surface area contributed by atoms with Crippen LogP contribution in [-0.4, -0.2) is 31.5 Å². The Morgan fingerprint density at radius 1 is 1.55 bits per heavy atom. The van der Waals surface area contributed by atoms with Gasteiger partial charge in [-0.25, -0.2) is 0 Å². The van der Waals surface area contributed by atoms with Crippen molar-refractivity contribution in [3.63, 3.8) is 0 Å². The second-order valence-electron chi connectivity index (χ2n) is 2.77. The van der Waals surface area contributed by atoms with Gasteiger partial charge in [0.05, 0.1) is 12.4 Å². The van der Waals surface area contributed by atoms with Crippen molar-refractivity contribution in [2.24, 2.45) is 0 Å². The molecule has 11 heavy (non-hydrogen) atoms. The summed E-state index contributed by atoms with van der Waals surface area (Å²) in [7, 11) is -3.39. The second kappa shape index (κ2) is 2.73. The predicted octanol–water partition coefficient (Wildman–Crippen LogP) is -0.122. The van der Waals surface area contributed by atoms with Crippen molar-refractivity contribution >= 4 is 10.1 Å². The lowest BCUT2D eigenvalue weighted by Crippen LogP contribution is -2.24. The second-order valence-corrected chi connectivity index (χ2v) is 4.63. The highest BCUT2D eigenvalue weighted by atomic mass is 32.2. The molecular weight excluding hydrogens is 168 g/mol. The predicted molar refractivity (Wildman–Crippen MR) is 39.6 cm³/mol. The largest absolute Gasteiger partial charge is 0.393 e. The zero-order valence-electron chi connectivity index (χ0n) is 6.41. The molecule has 0 heterocycles. The molecule has 1 aliphatic rings. The molecule has 4 nitrogen and oxygen atoms in total. The first kappa shape index (κ1) is 8.96. The van der Waals surface area contributed by atoms with Crippen molar-refractivity contribution < 1.29 is 17.7 Å². The molecular formula is C6H12O4S. The molecule has 0 saturated heterocycles. The van der Waals surface area contributed by atoms with Gasteiger partial charge < -0.3 is 5.11 Å². The molecule has 0 aliphatic heterocycles. The number of hydrogen-bond donors (Lipinski definition) is 1. The molecule has 0 atom stereocenters. The molecule has 1 N–H and O–H groups in total. The Balaban J connectivity index is 2.55. The third-order valence-electron chi connectivity index (χ3n) is 1.75. The van der Waals surface area contributed by atoms with E-state index in [0.717, 1.165) is 0 Å². The zero-order valence-corrected chi connectivity index (χ0v) is 7.23. The lowest BCUT2D eigenvalue weighted by molar-refractivity contribution is 0.101. The molecule has 66 valence electrons. The Morgan fingerprint density at radius 3 is 2.36 bits per heavy atom. The minimum absolute atomic E-state index is 0.0330. The molecule has 5 heteroatoms. The van der Waals surface area contributed by atoms with Crippen LogP contribution in [0.5, 0.6) is 0 Å². The van der Waals surface area contributed by atoms with E-state index in [1.807, 2.05) is 0 Å². The van der Waals surface area contributed by atoms with Crippen LogP contribution in [0.3, 0.4) is 0 Å². The number of hydrogen-bond acceptors (Lipinski definition) is 4. The van der Waals surface area contributed by atoms with E-state index >= 15 is 0 Å². The third-order valence-corrected chi connectivity index (χ3v) is 3.07. The van der Waals surface area contributed by atoms with E-state index in [0.29, 0.717) is 12.8 Å². The molecule has 0 bridgehead atoms. The lowest BCUT2D eigenvalue weighted by atomic mass is 10.4. The van der Waals surface area contributed by atoms with Crippen molar-refractivity contribution in [3.8, 4) is 0 Å². The van der Waals surface area contributed by atoms with Gasteiger partial charge in [-0.3, -0.25) is 4.18 Å². The average Bonchev–Trinajstić information content (AvgIpc) is 2.69. The van der Waals surface area contributed by atoms with Gasteiger partial charge in [0.25, 0.3) is 10.1 Å². The first-order chi connectivity index (χ1) is 5.04. The van der Waals surface area contributed by atoms with Crippen molar-refractivity contribution in [2.75, 3.05) is 12.4 Å². The average molecular weight is 180 g/mol. The van der Waals surface area contributed by atoms with E-state index in [1.165, 1.54) is 6.92 Å². The van der Waals surface area contributed by atoms with E-state index in [2.05, 4.69) is 0 Å². The van der Waals surface area contributed by atoms with E-state index in [-0.39, 0.29) is 12.4 Å². The summed E-state index contributed by atoms with van der Waals surface area (Å²) < 4.78 is 26.5. The maximum Gasteiger partial charge on any atom is 0.267 e. The van der Waals surface area contributed by atoms with Gasteiger partial charge in [0.1, 0.15) is 5.60 Å². The molecule has 0 aromatic heterocycles. The van der Waals surface area contributed by atoms with Gasteiger partial charge in [-0.05, 0) is 19.8 Å². The molecule has 0 aromatic rings. The Hall–Kier alpha value is -0.130. The summed E-state index contributed by atoms with van der Waals surface area (Å²) in [6, 6.07) is 0. The van der Waals surface area contributed by atoms with Crippen LogP contribution < -0.4 is 0 Å². The maximum absolute atomic E-state index is 10.9. The molecule has 0 amide bonds. The SMILES string of the molecule is CCS(=O)(=O)OC1(CO)CC1. The Labute approximate surface area is 66.3 Å². The van der Waals surface area contributed by atoms with Gasteiger partial charge in [-0.15, -0.1) is 0 Å². The summed E-state index contributed by atoms with van der Waals surface area (Å²) in [6.07, 6.45) is 1.28. The van der Waals surface area contributed by atoms with E-state index in [9.17, 15) is 8.42 Å². The van der Waals surface area contributed by atoms with Gasteiger partial charge in [-0.1, -0.05) is 0 Å². The first-order valence-corrected chi connectivity index (χ1v) is 5.15. The minimum atomic E-state index is -3.39. The number of rotatable bonds is 4. The molecule has 1 saturated carbocycles. The Morgan fingerprint density at radius 2 is 2.09 bits per heavy atom. The summed E-state index contributed by atoms with van der Waals surface area (Å²) in [4.78, 5) is 0. The number of aliphatic hydroxyl groups excluding tert-OH is 1. The normalized spacial score (nSPS) is 21.6. The quantitative estimate of drug-likeness (QED) is 0.612. The number of aliphatic hydroxyl groups is 1. The minimum Gasteiger partial charge on any atom is -0.393 e. The van der Waals surface area contributed by atoms with Crippen molar-refractivity contribution in [1.82, 2.24) is 0 Å². The topological polar surface area (TPSA) is 63.6 Å². The smallest absolute Gasteiger partial charge is 0.267 e. The Bertz CT molecular complexity index is 227. The fourth-order valence-electron chi connectivity index (χ4n) is 0.735. The fourth-order valence-corrected chi connectivity index (χ4v) is 1.61. The molecule has 0 aromatic carbocycles. The first-order valence-electron chi connectivity index (χ1n) is 3.58. The van der Waals surface area contributed by atoms with E-state index in [1.54, 1.807) is 0 Å². The monoisotopic (exact) mass is 180 g/mol. The van der Waals surface area contributed by atoms with Gasteiger partial charge in [0.2, 0.25) is 0 Å². The van der Waals surface area contributed by atoms with Crippen LogP contribution in [0.4, 0.5) is 0 Å². The van der Waals surface area contributed by atoms with E-state index < -0.39 is 15.7 Å². The third kappa shape index (κ3) is 2.15. The summed E-state index contributed by atoms with van der Waals surface area (Å²) in [5.74, 6) is -0.0330. The molecule has 1 aliphatic carbocycles. The van der Waals surface area contributed by atoms with Gasteiger partial charge in [-0.2, -0.15) is 8.42 Å². The molecule has 1 rings (SSSR count). The highest BCUT2D eigenvalue weighted by Gasteiger charge is 2.47. The fraction of sp³-hybridized carbons (Fsp3) is 1.00. The summed E-state index contributed by atoms with van der Waals surface area (Å²) in [5.41, 5.74) is -0.755. The van der Waals surface area contributed by atoms with Crippen molar-refractivity contribution in [2.45, 2.75) is 25.4 Å². The standard InChI is InChI=1S/C6H12O4S/c1-2-11(8,9)10-6(5-7)3-4-6/h7H,2-5H2,1H3. The molecule has 0 radical (unpaired) electrons. The van der Waals surface area contributed by atoms with Crippen LogP contribution in [-0.2, 0) is 14.3 Å². The van der Waals surface area contributed by atoms with Crippen LogP contribution in [0, 0.1) is 0 Å². The van der Waals surface area contributed by atoms with Crippen molar-refractivity contribution in [3.05, 3.63) is 0 Å².